The molecule has 0 radical (unpaired) electrons. The maximum atomic E-state index is 8.80. The molecule has 0 aliphatic rings. The van der Waals surface area contributed by atoms with Gasteiger partial charge in [-0.25, -0.2) is 0 Å². The van der Waals surface area contributed by atoms with E-state index < -0.39 is 0 Å². The lowest BCUT2D eigenvalue weighted by Crippen LogP contribution is -2.22. The minimum Gasteiger partial charge on any atom is -0.394 e. The fourth-order valence-electron chi connectivity index (χ4n) is 2.00. The molecule has 3 heteroatoms. The first-order valence-electron chi connectivity index (χ1n) is 7.68. The Balaban J connectivity index is 3.03. The predicted molar refractivity (Wildman–Crippen MR) is 75.8 cm³/mol. The Hall–Kier alpha value is -0.120. The lowest BCUT2D eigenvalue weighted by molar-refractivity contribution is -0.0208. The minimum absolute atomic E-state index is 0.0890. The van der Waals surface area contributed by atoms with E-state index in [1.54, 1.807) is 0 Å². The molecular weight excluding hydrogens is 228 g/mol. The molecule has 0 aromatic carbocycles. The molecule has 0 spiro atoms. The summed E-state index contributed by atoms with van der Waals surface area (Å²) in [4.78, 5) is 0. The molecule has 0 aliphatic carbocycles. The summed E-state index contributed by atoms with van der Waals surface area (Å²) in [6.45, 7) is 2.73. The van der Waals surface area contributed by atoms with Crippen molar-refractivity contribution in [2.45, 2.75) is 77.2 Å². The van der Waals surface area contributed by atoms with Gasteiger partial charge in [-0.3, -0.25) is 0 Å². The number of aliphatic hydroxyl groups is 2. The number of ether oxygens (including phenoxy) is 1. The first-order valence-corrected chi connectivity index (χ1v) is 7.68. The van der Waals surface area contributed by atoms with Crippen molar-refractivity contribution < 1.29 is 14.9 Å². The monoisotopic (exact) mass is 260 g/mol. The number of unbranched alkanes of at least 4 members (excludes halogenated alkanes) is 9. The topological polar surface area (TPSA) is 49.7 Å². The highest BCUT2D eigenvalue weighted by molar-refractivity contribution is 4.52. The molecular formula is C15H32O3. The van der Waals surface area contributed by atoms with Crippen molar-refractivity contribution >= 4 is 0 Å². The van der Waals surface area contributed by atoms with Crippen LogP contribution in [0.4, 0.5) is 0 Å². The molecule has 0 aromatic rings. The van der Waals surface area contributed by atoms with Crippen LogP contribution in [0, 0.1) is 0 Å². The second-order valence-corrected chi connectivity index (χ2v) is 5.04. The van der Waals surface area contributed by atoms with Crippen LogP contribution in [0.1, 0.15) is 71.1 Å². The number of hydrogen-bond acceptors (Lipinski definition) is 3. The number of rotatable bonds is 14. The van der Waals surface area contributed by atoms with Crippen molar-refractivity contribution in [1.82, 2.24) is 0 Å². The average Bonchev–Trinajstić information content (AvgIpc) is 2.40. The van der Waals surface area contributed by atoms with Gasteiger partial charge in [0.2, 0.25) is 0 Å². The third kappa shape index (κ3) is 12.3. The fraction of sp³-hybridized carbons (Fsp3) is 1.00. The highest BCUT2D eigenvalue weighted by Gasteiger charge is 2.04. The molecule has 0 aliphatic heterocycles. The smallest absolute Gasteiger partial charge is 0.104 e. The van der Waals surface area contributed by atoms with Crippen molar-refractivity contribution in [3.05, 3.63) is 0 Å². The average molecular weight is 260 g/mol. The summed E-state index contributed by atoms with van der Waals surface area (Å²) in [5.74, 6) is 0. The molecule has 2 N–H and O–H groups in total. The Morgan fingerprint density at radius 2 is 1.17 bits per heavy atom. The Bertz CT molecular complexity index is 147. The predicted octanol–water partition coefficient (Wildman–Crippen LogP) is 3.28. The zero-order valence-corrected chi connectivity index (χ0v) is 12.1. The standard InChI is InChI=1S/C15H32O3/c1-2-3-4-5-6-7-8-9-10-11-12-18-15(13-16)14-17/h15-17H,2-14H2,1H3. The van der Waals surface area contributed by atoms with Crippen molar-refractivity contribution in [2.24, 2.45) is 0 Å². The molecule has 3 nitrogen and oxygen atoms in total. The van der Waals surface area contributed by atoms with E-state index in [0.29, 0.717) is 6.61 Å². The van der Waals surface area contributed by atoms with Gasteiger partial charge in [0, 0.05) is 6.61 Å². The summed E-state index contributed by atoms with van der Waals surface area (Å²) in [6, 6.07) is 0. The molecule has 18 heavy (non-hydrogen) atoms. The van der Waals surface area contributed by atoms with Crippen LogP contribution < -0.4 is 0 Å². The lowest BCUT2D eigenvalue weighted by atomic mass is 10.1. The first-order chi connectivity index (χ1) is 8.85. The molecule has 0 fully saturated rings. The zero-order chi connectivity index (χ0) is 13.5. The summed E-state index contributed by atoms with van der Waals surface area (Å²) in [5, 5.41) is 17.6. The molecule has 0 aromatic heterocycles. The van der Waals surface area contributed by atoms with Crippen LogP contribution in [-0.2, 0) is 4.74 Å². The van der Waals surface area contributed by atoms with Gasteiger partial charge in [0.1, 0.15) is 6.10 Å². The number of aliphatic hydroxyl groups excluding tert-OH is 2. The van der Waals surface area contributed by atoms with E-state index >= 15 is 0 Å². The molecule has 0 amide bonds. The molecule has 0 saturated heterocycles. The Kier molecular flexibility index (Phi) is 14.8. The third-order valence-corrected chi connectivity index (χ3v) is 3.26. The van der Waals surface area contributed by atoms with Gasteiger partial charge in [-0.2, -0.15) is 0 Å². The van der Waals surface area contributed by atoms with Crippen LogP contribution >= 0.6 is 0 Å². The van der Waals surface area contributed by atoms with Crippen LogP contribution in [0.5, 0.6) is 0 Å². The molecule has 0 bridgehead atoms. The highest BCUT2D eigenvalue weighted by atomic mass is 16.5. The van der Waals surface area contributed by atoms with Gasteiger partial charge in [-0.15, -0.1) is 0 Å². The van der Waals surface area contributed by atoms with Crippen LogP contribution in [0.2, 0.25) is 0 Å². The van der Waals surface area contributed by atoms with E-state index in [9.17, 15) is 0 Å². The van der Waals surface area contributed by atoms with Crippen LogP contribution in [0.25, 0.3) is 0 Å². The van der Waals surface area contributed by atoms with Gasteiger partial charge in [0.25, 0.3) is 0 Å². The minimum atomic E-state index is -0.386. The summed E-state index contributed by atoms with van der Waals surface area (Å²) in [6.07, 6.45) is 12.7. The van der Waals surface area contributed by atoms with Crippen molar-refractivity contribution in [3.8, 4) is 0 Å². The van der Waals surface area contributed by atoms with Crippen LogP contribution in [0.3, 0.4) is 0 Å². The second-order valence-electron chi connectivity index (χ2n) is 5.04. The molecule has 110 valence electrons. The first kappa shape index (κ1) is 17.9. The van der Waals surface area contributed by atoms with E-state index in [2.05, 4.69) is 6.92 Å². The summed E-state index contributed by atoms with van der Waals surface area (Å²) >= 11 is 0. The van der Waals surface area contributed by atoms with Crippen molar-refractivity contribution in [2.75, 3.05) is 19.8 Å². The maximum absolute atomic E-state index is 8.80. The summed E-state index contributed by atoms with van der Waals surface area (Å²) in [7, 11) is 0. The van der Waals surface area contributed by atoms with Crippen LogP contribution in [-0.4, -0.2) is 36.1 Å². The highest BCUT2D eigenvalue weighted by Crippen LogP contribution is 2.10. The summed E-state index contributed by atoms with van der Waals surface area (Å²) < 4.78 is 5.31. The molecule has 0 heterocycles. The molecule has 0 unspecified atom stereocenters. The Labute approximate surface area is 113 Å². The van der Waals surface area contributed by atoms with Gasteiger partial charge >= 0.3 is 0 Å². The van der Waals surface area contributed by atoms with Crippen molar-refractivity contribution in [1.29, 1.82) is 0 Å². The van der Waals surface area contributed by atoms with E-state index in [0.717, 1.165) is 6.42 Å². The van der Waals surface area contributed by atoms with Gasteiger partial charge < -0.3 is 14.9 Å². The second kappa shape index (κ2) is 14.9. The molecule has 0 saturated carbocycles. The quantitative estimate of drug-likeness (QED) is 0.471. The Morgan fingerprint density at radius 3 is 1.61 bits per heavy atom. The number of hydrogen-bond donors (Lipinski definition) is 2. The van der Waals surface area contributed by atoms with E-state index in [-0.39, 0.29) is 19.3 Å². The van der Waals surface area contributed by atoms with E-state index in [1.165, 1.54) is 57.8 Å². The van der Waals surface area contributed by atoms with Gasteiger partial charge in [0.05, 0.1) is 13.2 Å². The summed E-state index contributed by atoms with van der Waals surface area (Å²) in [5.41, 5.74) is 0. The van der Waals surface area contributed by atoms with Gasteiger partial charge in [0.15, 0.2) is 0 Å². The van der Waals surface area contributed by atoms with Gasteiger partial charge in [-0.05, 0) is 6.42 Å². The molecule has 0 rings (SSSR count). The largest absolute Gasteiger partial charge is 0.394 e. The zero-order valence-electron chi connectivity index (χ0n) is 12.1. The van der Waals surface area contributed by atoms with E-state index in [1.807, 2.05) is 0 Å². The van der Waals surface area contributed by atoms with Crippen molar-refractivity contribution in [3.63, 3.8) is 0 Å². The maximum Gasteiger partial charge on any atom is 0.104 e. The normalized spacial score (nSPS) is 11.3. The fourth-order valence-corrected chi connectivity index (χ4v) is 2.00. The third-order valence-electron chi connectivity index (χ3n) is 3.26. The van der Waals surface area contributed by atoms with Crippen LogP contribution in [0.15, 0.2) is 0 Å². The van der Waals surface area contributed by atoms with E-state index in [4.69, 9.17) is 14.9 Å². The lowest BCUT2D eigenvalue weighted by Gasteiger charge is -2.11. The van der Waals surface area contributed by atoms with Gasteiger partial charge in [-0.1, -0.05) is 64.7 Å². The Morgan fingerprint density at radius 1 is 0.722 bits per heavy atom. The molecule has 0 atom stereocenters. The SMILES string of the molecule is CCCCCCCCCCCCOC(CO)CO.